The van der Waals surface area contributed by atoms with E-state index < -0.39 is 0 Å². The van der Waals surface area contributed by atoms with Crippen molar-refractivity contribution in [2.24, 2.45) is 0 Å². The molecule has 1 aromatic rings. The van der Waals surface area contributed by atoms with Crippen LogP contribution in [0, 0.1) is 0 Å². The van der Waals surface area contributed by atoms with Crippen molar-refractivity contribution >= 4 is 23.7 Å². The van der Waals surface area contributed by atoms with Gasteiger partial charge in [0.05, 0.1) is 13.8 Å². The number of methoxy groups -OCH3 is 1. The second-order valence-corrected chi connectivity index (χ2v) is 8.13. The molecule has 6 nitrogen and oxygen atoms in total. The number of amides is 3. The predicted octanol–water partition coefficient (Wildman–Crippen LogP) is 3.24. The van der Waals surface area contributed by atoms with Crippen LogP contribution in [0.15, 0.2) is 24.3 Å². The van der Waals surface area contributed by atoms with Gasteiger partial charge in [0, 0.05) is 12.6 Å². The van der Waals surface area contributed by atoms with Crippen molar-refractivity contribution in [2.45, 2.75) is 44.2 Å². The van der Waals surface area contributed by atoms with Gasteiger partial charge in [-0.1, -0.05) is 25.0 Å². The molecule has 2 aliphatic heterocycles. The molecule has 2 unspecified atom stereocenters. The Hall–Kier alpha value is -1.73. The van der Waals surface area contributed by atoms with Crippen LogP contribution < -0.4 is 10.1 Å². The summed E-state index contributed by atoms with van der Waals surface area (Å²) in [5, 5.41) is 2.84. The number of hydrogen-bond donors (Lipinski definition) is 1. The maximum absolute atomic E-state index is 12.7. The third-order valence-corrected chi connectivity index (χ3v) is 6.05. The molecule has 0 radical (unpaired) electrons. The monoisotopic (exact) mass is 391 g/mol. The molecule has 1 N–H and O–H groups in total. The molecule has 3 rings (SSSR count). The molecule has 2 heterocycles. The number of carbonyl (C=O) groups is 2. The number of imide groups is 1. The summed E-state index contributed by atoms with van der Waals surface area (Å²) in [6, 6.07) is 7.71. The van der Waals surface area contributed by atoms with E-state index in [-0.39, 0.29) is 24.0 Å². The Morgan fingerprint density at radius 1 is 1.19 bits per heavy atom. The number of ether oxygens (including phenoxy) is 1. The van der Waals surface area contributed by atoms with Gasteiger partial charge in [0.1, 0.15) is 11.8 Å². The summed E-state index contributed by atoms with van der Waals surface area (Å²) >= 11 is 1.69. The van der Waals surface area contributed by atoms with Crippen molar-refractivity contribution < 1.29 is 14.3 Å². The highest BCUT2D eigenvalue weighted by Crippen LogP contribution is 2.31. The first kappa shape index (κ1) is 20.0. The topological polar surface area (TPSA) is 61.9 Å². The Kier molecular flexibility index (Phi) is 7.01. The SMILES string of the molecule is COc1ccc(C2CCCCCN2CN2C(=O)NC(CCSC)C2=O)cc1. The second-order valence-electron chi connectivity index (χ2n) is 7.14. The molecule has 0 saturated carbocycles. The molecule has 0 aliphatic carbocycles. The van der Waals surface area contributed by atoms with Gasteiger partial charge >= 0.3 is 6.03 Å². The zero-order valence-electron chi connectivity index (χ0n) is 16.1. The fraction of sp³-hybridized carbons (Fsp3) is 0.600. The normalized spacial score (nSPS) is 24.0. The van der Waals surface area contributed by atoms with Crippen LogP contribution in [-0.2, 0) is 4.79 Å². The Morgan fingerprint density at radius 3 is 2.67 bits per heavy atom. The van der Waals surface area contributed by atoms with Crippen LogP contribution in [0.1, 0.15) is 43.7 Å². The average Bonchev–Trinajstić information content (AvgIpc) is 2.85. The number of benzene rings is 1. The van der Waals surface area contributed by atoms with Crippen molar-refractivity contribution in [3.8, 4) is 5.75 Å². The fourth-order valence-electron chi connectivity index (χ4n) is 3.86. The maximum Gasteiger partial charge on any atom is 0.325 e. The Labute approximate surface area is 165 Å². The molecule has 27 heavy (non-hydrogen) atoms. The lowest BCUT2D eigenvalue weighted by atomic mass is 10.0. The number of nitrogens with zero attached hydrogens (tertiary/aromatic N) is 2. The summed E-state index contributed by atoms with van der Waals surface area (Å²) in [6.07, 6.45) is 7.15. The highest BCUT2D eigenvalue weighted by Gasteiger charge is 2.39. The first-order valence-electron chi connectivity index (χ1n) is 9.63. The van der Waals surface area contributed by atoms with Gasteiger partial charge in [-0.15, -0.1) is 0 Å². The summed E-state index contributed by atoms with van der Waals surface area (Å²) in [5.41, 5.74) is 1.21. The minimum Gasteiger partial charge on any atom is -0.497 e. The Bertz CT molecular complexity index is 652. The van der Waals surface area contributed by atoms with E-state index in [1.54, 1.807) is 18.9 Å². The summed E-state index contributed by atoms with van der Waals surface area (Å²) in [7, 11) is 1.66. The number of urea groups is 1. The van der Waals surface area contributed by atoms with Crippen molar-refractivity contribution in [1.82, 2.24) is 15.1 Å². The van der Waals surface area contributed by atoms with Gasteiger partial charge in [-0.05, 0) is 49.0 Å². The van der Waals surface area contributed by atoms with Gasteiger partial charge in [-0.3, -0.25) is 9.69 Å². The standard InChI is InChI=1S/C20H29N3O3S/c1-26-16-9-7-15(8-10-16)18-6-4-3-5-12-22(18)14-23-19(24)17(11-13-27-2)21-20(23)25/h7-10,17-18H,3-6,11-14H2,1-2H3,(H,21,25). The third-order valence-electron chi connectivity index (χ3n) is 5.40. The molecule has 0 spiro atoms. The van der Waals surface area contributed by atoms with E-state index in [2.05, 4.69) is 22.3 Å². The maximum atomic E-state index is 12.7. The van der Waals surface area contributed by atoms with Crippen molar-refractivity contribution in [3.05, 3.63) is 29.8 Å². The minimum absolute atomic E-state index is 0.0909. The minimum atomic E-state index is -0.378. The van der Waals surface area contributed by atoms with Crippen molar-refractivity contribution in [3.63, 3.8) is 0 Å². The van der Waals surface area contributed by atoms with Crippen molar-refractivity contribution in [1.29, 1.82) is 0 Å². The highest BCUT2D eigenvalue weighted by molar-refractivity contribution is 7.98. The summed E-state index contributed by atoms with van der Waals surface area (Å²) in [6.45, 7) is 1.25. The van der Waals surface area contributed by atoms with Crippen LogP contribution in [0.4, 0.5) is 4.79 Å². The quantitative estimate of drug-likeness (QED) is 0.723. The lowest BCUT2D eigenvalue weighted by Crippen LogP contribution is -2.43. The molecule has 1 aromatic carbocycles. The number of rotatable bonds is 7. The highest BCUT2D eigenvalue weighted by atomic mass is 32.2. The largest absolute Gasteiger partial charge is 0.497 e. The lowest BCUT2D eigenvalue weighted by Gasteiger charge is -2.32. The zero-order chi connectivity index (χ0) is 19.2. The molecule has 2 saturated heterocycles. The van der Waals surface area contributed by atoms with Gasteiger partial charge in [0.25, 0.3) is 5.91 Å². The van der Waals surface area contributed by atoms with Gasteiger partial charge < -0.3 is 10.1 Å². The van der Waals surface area contributed by atoms with Gasteiger partial charge in [0.2, 0.25) is 0 Å². The first-order valence-corrected chi connectivity index (χ1v) is 11.0. The van der Waals surface area contributed by atoms with Crippen LogP contribution in [0.3, 0.4) is 0 Å². The number of nitrogens with one attached hydrogen (secondary N) is 1. The van der Waals surface area contributed by atoms with Crippen LogP contribution in [0.25, 0.3) is 0 Å². The summed E-state index contributed by atoms with van der Waals surface area (Å²) in [5.74, 6) is 1.61. The molecule has 2 aliphatic rings. The second kappa shape index (κ2) is 9.46. The molecule has 7 heteroatoms. The Morgan fingerprint density at radius 2 is 1.96 bits per heavy atom. The van der Waals surface area contributed by atoms with E-state index in [9.17, 15) is 9.59 Å². The van der Waals surface area contributed by atoms with E-state index in [0.717, 1.165) is 37.3 Å². The molecule has 0 aromatic heterocycles. The fourth-order valence-corrected chi connectivity index (χ4v) is 4.34. The molecule has 148 valence electrons. The smallest absolute Gasteiger partial charge is 0.325 e. The van der Waals surface area contributed by atoms with Gasteiger partial charge in [0.15, 0.2) is 0 Å². The first-order chi connectivity index (χ1) is 13.1. The van der Waals surface area contributed by atoms with E-state index in [0.29, 0.717) is 13.1 Å². The van der Waals surface area contributed by atoms with Gasteiger partial charge in [-0.2, -0.15) is 11.8 Å². The number of thioether (sulfide) groups is 1. The van der Waals surface area contributed by atoms with Crippen LogP contribution >= 0.6 is 11.8 Å². The summed E-state index contributed by atoms with van der Waals surface area (Å²) in [4.78, 5) is 28.8. The zero-order valence-corrected chi connectivity index (χ0v) is 17.0. The molecule has 2 fully saturated rings. The Balaban J connectivity index is 1.73. The van der Waals surface area contributed by atoms with E-state index >= 15 is 0 Å². The molecule has 0 bridgehead atoms. The van der Waals surface area contributed by atoms with Gasteiger partial charge in [-0.25, -0.2) is 9.69 Å². The van der Waals surface area contributed by atoms with E-state index in [1.165, 1.54) is 16.9 Å². The van der Waals surface area contributed by atoms with Crippen LogP contribution in [-0.4, -0.2) is 60.1 Å². The van der Waals surface area contributed by atoms with Crippen LogP contribution in [0.5, 0.6) is 5.75 Å². The third kappa shape index (κ3) is 4.76. The van der Waals surface area contributed by atoms with Crippen LogP contribution in [0.2, 0.25) is 0 Å². The number of hydrogen-bond acceptors (Lipinski definition) is 5. The number of carbonyl (C=O) groups excluding carboxylic acids is 2. The molecular formula is C20H29N3O3S. The molecular weight excluding hydrogens is 362 g/mol. The average molecular weight is 392 g/mol. The summed E-state index contributed by atoms with van der Waals surface area (Å²) < 4.78 is 5.27. The van der Waals surface area contributed by atoms with E-state index in [4.69, 9.17) is 4.74 Å². The lowest BCUT2D eigenvalue weighted by molar-refractivity contribution is -0.129. The predicted molar refractivity (Wildman–Crippen MR) is 108 cm³/mol. The molecule has 2 atom stereocenters. The van der Waals surface area contributed by atoms with E-state index in [1.807, 2.05) is 18.4 Å². The van der Waals surface area contributed by atoms with Crippen molar-refractivity contribution in [2.75, 3.05) is 32.3 Å². The molecule has 3 amide bonds. The number of likely N-dealkylation sites (tertiary alicyclic amines) is 1.